The Kier molecular flexibility index (Phi) is 7.26. The highest BCUT2D eigenvalue weighted by atomic mass is 16.5. The van der Waals surface area contributed by atoms with E-state index >= 15 is 0 Å². The summed E-state index contributed by atoms with van der Waals surface area (Å²) in [4.78, 5) is 2.54. The van der Waals surface area contributed by atoms with E-state index in [1.807, 2.05) is 18.2 Å². The highest BCUT2D eigenvalue weighted by Crippen LogP contribution is 2.43. The lowest BCUT2D eigenvalue weighted by Crippen LogP contribution is -2.35. The zero-order valence-electron chi connectivity index (χ0n) is 18.0. The molecular formula is C24H33NO4. The number of phenols is 1. The van der Waals surface area contributed by atoms with Crippen LogP contribution in [0.2, 0.25) is 0 Å². The molecule has 0 aromatic heterocycles. The van der Waals surface area contributed by atoms with Gasteiger partial charge in [0.05, 0.1) is 21.3 Å². The number of benzene rings is 2. The van der Waals surface area contributed by atoms with Gasteiger partial charge in [-0.15, -0.1) is 0 Å². The number of hydrogen-bond donors (Lipinski definition) is 1. The topological polar surface area (TPSA) is 51.2 Å². The Morgan fingerprint density at radius 1 is 1.03 bits per heavy atom. The highest BCUT2D eigenvalue weighted by molar-refractivity contribution is 5.54. The van der Waals surface area contributed by atoms with Crippen LogP contribution in [-0.4, -0.2) is 51.0 Å². The third-order valence-electron chi connectivity index (χ3n) is 5.89. The summed E-state index contributed by atoms with van der Waals surface area (Å²) in [5.74, 6) is 3.01. The number of ether oxygens (including phenoxy) is 3. The first-order valence-corrected chi connectivity index (χ1v) is 10.4. The van der Waals surface area contributed by atoms with Crippen molar-refractivity contribution in [3.05, 3.63) is 47.5 Å². The molecular weight excluding hydrogens is 366 g/mol. The molecule has 5 heteroatoms. The van der Waals surface area contributed by atoms with Crippen LogP contribution < -0.4 is 14.2 Å². The number of nitrogens with zero attached hydrogens (tertiary/aromatic N) is 1. The van der Waals surface area contributed by atoms with Crippen LogP contribution in [0, 0.1) is 5.92 Å². The van der Waals surface area contributed by atoms with Crippen molar-refractivity contribution in [2.45, 2.75) is 32.1 Å². The predicted molar refractivity (Wildman–Crippen MR) is 116 cm³/mol. The zero-order valence-corrected chi connectivity index (χ0v) is 18.0. The molecule has 0 saturated carbocycles. The van der Waals surface area contributed by atoms with E-state index < -0.39 is 0 Å². The number of likely N-dealkylation sites (tertiary alicyclic amines) is 1. The van der Waals surface area contributed by atoms with Crippen LogP contribution in [0.25, 0.3) is 0 Å². The van der Waals surface area contributed by atoms with E-state index in [1.165, 1.54) is 12.8 Å². The van der Waals surface area contributed by atoms with Gasteiger partial charge in [-0.25, -0.2) is 0 Å². The Morgan fingerprint density at radius 3 is 2.38 bits per heavy atom. The van der Waals surface area contributed by atoms with Crippen LogP contribution in [0.1, 0.15) is 43.2 Å². The number of aromatic hydroxyl groups is 1. The van der Waals surface area contributed by atoms with Gasteiger partial charge in [-0.3, -0.25) is 0 Å². The number of hydrogen-bond acceptors (Lipinski definition) is 5. The maximum Gasteiger partial charge on any atom is 0.130 e. The maximum absolute atomic E-state index is 10.8. The molecule has 1 fully saturated rings. The van der Waals surface area contributed by atoms with Crippen molar-refractivity contribution in [3.8, 4) is 23.0 Å². The quantitative estimate of drug-likeness (QED) is 0.699. The van der Waals surface area contributed by atoms with E-state index in [9.17, 15) is 5.11 Å². The van der Waals surface area contributed by atoms with Crippen molar-refractivity contribution in [3.63, 3.8) is 0 Å². The minimum absolute atomic E-state index is 0.0130. The molecule has 0 spiro atoms. The van der Waals surface area contributed by atoms with Crippen molar-refractivity contribution in [1.29, 1.82) is 0 Å². The minimum atomic E-state index is 0.0130. The van der Waals surface area contributed by atoms with Crippen LogP contribution in [0.4, 0.5) is 0 Å². The summed E-state index contributed by atoms with van der Waals surface area (Å²) in [5, 5.41) is 10.8. The maximum atomic E-state index is 10.8. The summed E-state index contributed by atoms with van der Waals surface area (Å²) in [5.41, 5.74) is 1.94. The van der Waals surface area contributed by atoms with Crippen LogP contribution in [0.3, 0.4) is 0 Å². The standard InChI is InChI=1S/C24H33NO4/c1-17-6-5-12-25(16-17)13-11-21(18-7-9-19(27-2)10-8-18)24-22(26)14-20(28-3)15-23(24)29-4/h7-10,14-15,17,21,26H,5-6,11-13,16H2,1-4H3/t17-,21+/m0/s1. The first-order valence-electron chi connectivity index (χ1n) is 10.4. The van der Waals surface area contributed by atoms with Crippen LogP contribution >= 0.6 is 0 Å². The number of phenolic OH excluding ortho intramolecular Hbond substituents is 1. The summed E-state index contributed by atoms with van der Waals surface area (Å²) >= 11 is 0. The van der Waals surface area contributed by atoms with Gasteiger partial charge >= 0.3 is 0 Å². The number of rotatable bonds is 8. The third-order valence-corrected chi connectivity index (χ3v) is 5.89. The Morgan fingerprint density at radius 2 is 1.76 bits per heavy atom. The Hall–Kier alpha value is -2.40. The summed E-state index contributed by atoms with van der Waals surface area (Å²) in [6.07, 6.45) is 3.46. The molecule has 0 aliphatic carbocycles. The van der Waals surface area contributed by atoms with Crippen molar-refractivity contribution < 1.29 is 19.3 Å². The van der Waals surface area contributed by atoms with E-state index in [0.717, 1.165) is 48.8 Å². The van der Waals surface area contributed by atoms with Gasteiger partial charge < -0.3 is 24.2 Å². The van der Waals surface area contributed by atoms with Crippen LogP contribution in [0.15, 0.2) is 36.4 Å². The molecule has 2 atom stereocenters. The molecule has 1 N–H and O–H groups in total. The smallest absolute Gasteiger partial charge is 0.130 e. The van der Waals surface area contributed by atoms with E-state index in [2.05, 4.69) is 24.0 Å². The summed E-state index contributed by atoms with van der Waals surface area (Å²) < 4.78 is 16.3. The fourth-order valence-electron chi connectivity index (χ4n) is 4.34. The Balaban J connectivity index is 1.94. The van der Waals surface area contributed by atoms with Crippen molar-refractivity contribution in [2.24, 2.45) is 5.92 Å². The average molecular weight is 400 g/mol. The zero-order chi connectivity index (χ0) is 20.8. The molecule has 0 amide bonds. The molecule has 1 heterocycles. The van der Waals surface area contributed by atoms with E-state index in [1.54, 1.807) is 27.4 Å². The normalized spacial score (nSPS) is 18.3. The van der Waals surface area contributed by atoms with Gasteiger partial charge in [0.2, 0.25) is 0 Å². The molecule has 2 aromatic rings. The Bertz CT molecular complexity index is 790. The van der Waals surface area contributed by atoms with Gasteiger partial charge in [0.1, 0.15) is 23.0 Å². The molecule has 1 aliphatic rings. The van der Waals surface area contributed by atoms with Crippen LogP contribution in [-0.2, 0) is 0 Å². The molecule has 0 radical (unpaired) electrons. The molecule has 5 nitrogen and oxygen atoms in total. The summed E-state index contributed by atoms with van der Waals surface area (Å²) in [6, 6.07) is 11.6. The largest absolute Gasteiger partial charge is 0.507 e. The molecule has 3 rings (SSSR count). The summed E-state index contributed by atoms with van der Waals surface area (Å²) in [7, 11) is 4.89. The van der Waals surface area contributed by atoms with Crippen molar-refractivity contribution in [1.82, 2.24) is 4.90 Å². The SMILES string of the molecule is COc1ccc([C@@H](CCN2CCC[C@H](C)C2)c2c(O)cc(OC)cc2OC)cc1. The third kappa shape index (κ3) is 5.15. The fourth-order valence-corrected chi connectivity index (χ4v) is 4.34. The van der Waals surface area contributed by atoms with Gasteiger partial charge in [0.25, 0.3) is 0 Å². The van der Waals surface area contributed by atoms with Gasteiger partial charge in [-0.1, -0.05) is 19.1 Å². The lowest BCUT2D eigenvalue weighted by atomic mass is 9.86. The predicted octanol–water partition coefficient (Wildman–Crippen LogP) is 4.67. The van der Waals surface area contributed by atoms with E-state index in [0.29, 0.717) is 11.5 Å². The van der Waals surface area contributed by atoms with Gasteiger partial charge in [0, 0.05) is 30.2 Å². The number of piperidine rings is 1. The van der Waals surface area contributed by atoms with Gasteiger partial charge in [-0.05, 0) is 56.0 Å². The molecule has 0 unspecified atom stereocenters. The number of methoxy groups -OCH3 is 3. The Labute approximate surface area is 174 Å². The highest BCUT2D eigenvalue weighted by Gasteiger charge is 2.25. The van der Waals surface area contributed by atoms with Gasteiger partial charge in [0.15, 0.2) is 0 Å². The lowest BCUT2D eigenvalue weighted by Gasteiger charge is -2.32. The second kappa shape index (κ2) is 9.88. The van der Waals surface area contributed by atoms with E-state index in [4.69, 9.17) is 14.2 Å². The molecule has 158 valence electrons. The molecule has 29 heavy (non-hydrogen) atoms. The summed E-state index contributed by atoms with van der Waals surface area (Å²) in [6.45, 7) is 5.59. The van der Waals surface area contributed by atoms with Crippen LogP contribution in [0.5, 0.6) is 23.0 Å². The van der Waals surface area contributed by atoms with Crippen molar-refractivity contribution in [2.75, 3.05) is 41.0 Å². The van der Waals surface area contributed by atoms with E-state index in [-0.39, 0.29) is 11.7 Å². The lowest BCUT2D eigenvalue weighted by molar-refractivity contribution is 0.180. The molecule has 1 aliphatic heterocycles. The first kappa shape index (κ1) is 21.3. The molecule has 0 bridgehead atoms. The first-order chi connectivity index (χ1) is 14.0. The second-order valence-electron chi connectivity index (χ2n) is 7.92. The minimum Gasteiger partial charge on any atom is -0.507 e. The average Bonchev–Trinajstić information content (AvgIpc) is 2.74. The monoisotopic (exact) mass is 399 g/mol. The fraction of sp³-hybridized carbons (Fsp3) is 0.500. The molecule has 1 saturated heterocycles. The molecule has 2 aromatic carbocycles. The van der Waals surface area contributed by atoms with Gasteiger partial charge in [-0.2, -0.15) is 0 Å². The second-order valence-corrected chi connectivity index (χ2v) is 7.92. The van der Waals surface area contributed by atoms with Crippen molar-refractivity contribution >= 4 is 0 Å².